The summed E-state index contributed by atoms with van der Waals surface area (Å²) in [4.78, 5) is 9.89. The van der Waals surface area contributed by atoms with Gasteiger partial charge in [0.15, 0.2) is 0 Å². The van der Waals surface area contributed by atoms with E-state index in [0.29, 0.717) is 18.8 Å². The van der Waals surface area contributed by atoms with Crippen molar-refractivity contribution >= 4 is 17.3 Å². The molecule has 0 fully saturated rings. The highest BCUT2D eigenvalue weighted by molar-refractivity contribution is 6.32. The lowest BCUT2D eigenvalue weighted by Crippen LogP contribution is -1.97. The minimum Gasteiger partial charge on any atom is -0.491 e. The summed E-state index contributed by atoms with van der Waals surface area (Å²) in [7, 11) is 0. The Balaban J connectivity index is 2.76. The third-order valence-electron chi connectivity index (χ3n) is 1.63. The Hall–Kier alpha value is -1.73. The van der Waals surface area contributed by atoms with Gasteiger partial charge in [0.2, 0.25) is 0 Å². The van der Waals surface area contributed by atoms with E-state index < -0.39 is 4.92 Å². The van der Waals surface area contributed by atoms with Crippen LogP contribution in [0.4, 0.5) is 5.69 Å². The van der Waals surface area contributed by atoms with Gasteiger partial charge in [0.05, 0.1) is 16.6 Å². The van der Waals surface area contributed by atoms with Crippen molar-refractivity contribution in [1.82, 2.24) is 0 Å². The van der Waals surface area contributed by atoms with Crippen LogP contribution >= 0.6 is 11.6 Å². The molecule has 0 unspecified atom stereocenters. The molecule has 15 heavy (non-hydrogen) atoms. The Morgan fingerprint density at radius 3 is 2.87 bits per heavy atom. The van der Waals surface area contributed by atoms with E-state index in [4.69, 9.17) is 22.8 Å². The van der Waals surface area contributed by atoms with Crippen molar-refractivity contribution in [2.24, 2.45) is 0 Å². The number of nitro benzene ring substituents is 1. The van der Waals surface area contributed by atoms with E-state index in [-0.39, 0.29) is 10.7 Å². The van der Waals surface area contributed by atoms with E-state index in [0.717, 1.165) is 0 Å². The van der Waals surface area contributed by atoms with E-state index in [2.05, 4.69) is 5.92 Å². The van der Waals surface area contributed by atoms with Gasteiger partial charge in [0.1, 0.15) is 5.75 Å². The molecule has 1 aromatic rings. The number of nitro groups is 1. The fourth-order valence-electron chi connectivity index (χ4n) is 0.940. The average molecular weight is 226 g/mol. The molecule has 78 valence electrons. The summed E-state index contributed by atoms with van der Waals surface area (Å²) in [5.41, 5.74) is -0.0655. The van der Waals surface area contributed by atoms with Crippen molar-refractivity contribution in [2.75, 3.05) is 6.61 Å². The number of ether oxygens (including phenoxy) is 1. The molecule has 1 rings (SSSR count). The first kappa shape index (κ1) is 11.3. The number of hydrogen-bond donors (Lipinski definition) is 0. The van der Waals surface area contributed by atoms with Crippen molar-refractivity contribution in [2.45, 2.75) is 6.42 Å². The quantitative estimate of drug-likeness (QED) is 0.343. The van der Waals surface area contributed by atoms with E-state index in [1.54, 1.807) is 0 Å². The Kier molecular flexibility index (Phi) is 3.95. The van der Waals surface area contributed by atoms with Gasteiger partial charge in [-0.3, -0.25) is 10.1 Å². The Morgan fingerprint density at radius 1 is 1.60 bits per heavy atom. The van der Waals surface area contributed by atoms with Gasteiger partial charge >= 0.3 is 0 Å². The first-order valence-corrected chi connectivity index (χ1v) is 4.53. The second-order valence-corrected chi connectivity index (χ2v) is 3.08. The largest absolute Gasteiger partial charge is 0.491 e. The maximum Gasteiger partial charge on any atom is 0.271 e. The van der Waals surface area contributed by atoms with Crippen LogP contribution in [0.25, 0.3) is 0 Å². The summed E-state index contributed by atoms with van der Waals surface area (Å²) < 4.78 is 5.21. The monoisotopic (exact) mass is 225 g/mol. The first-order valence-electron chi connectivity index (χ1n) is 4.15. The van der Waals surface area contributed by atoms with Crippen LogP contribution in [0, 0.1) is 22.5 Å². The number of rotatable bonds is 4. The zero-order chi connectivity index (χ0) is 11.3. The Morgan fingerprint density at radius 2 is 2.33 bits per heavy atom. The molecule has 0 saturated carbocycles. The Labute approximate surface area is 92.0 Å². The van der Waals surface area contributed by atoms with Gasteiger partial charge in [-0.25, -0.2) is 0 Å². The zero-order valence-electron chi connectivity index (χ0n) is 7.77. The Bertz CT molecular complexity index is 412. The number of halogens is 1. The summed E-state index contributed by atoms with van der Waals surface area (Å²) in [5, 5.41) is 10.6. The molecule has 0 saturated heterocycles. The standard InChI is InChI=1S/C10H8ClNO3/c1-2-3-6-15-10-5-4-8(12(13)14)7-9(10)11/h1,4-5,7H,3,6H2. The van der Waals surface area contributed by atoms with Gasteiger partial charge in [0, 0.05) is 18.6 Å². The predicted molar refractivity (Wildman–Crippen MR) is 57.1 cm³/mol. The lowest BCUT2D eigenvalue weighted by molar-refractivity contribution is -0.384. The molecule has 0 aliphatic heterocycles. The highest BCUT2D eigenvalue weighted by atomic mass is 35.5. The maximum absolute atomic E-state index is 10.4. The highest BCUT2D eigenvalue weighted by Gasteiger charge is 2.09. The van der Waals surface area contributed by atoms with Gasteiger partial charge in [-0.15, -0.1) is 12.3 Å². The van der Waals surface area contributed by atoms with Crippen LogP contribution in [-0.4, -0.2) is 11.5 Å². The van der Waals surface area contributed by atoms with Gasteiger partial charge in [-0.1, -0.05) is 11.6 Å². The van der Waals surface area contributed by atoms with Crippen molar-refractivity contribution in [3.8, 4) is 18.1 Å². The molecular weight excluding hydrogens is 218 g/mol. The smallest absolute Gasteiger partial charge is 0.271 e. The lowest BCUT2D eigenvalue weighted by atomic mass is 10.3. The molecule has 0 radical (unpaired) electrons. The normalized spacial score (nSPS) is 9.33. The van der Waals surface area contributed by atoms with Crippen LogP contribution < -0.4 is 4.74 Å². The molecular formula is C10H8ClNO3. The van der Waals surface area contributed by atoms with E-state index in [1.807, 2.05) is 0 Å². The van der Waals surface area contributed by atoms with Crippen LogP contribution in [0.5, 0.6) is 5.75 Å². The second kappa shape index (κ2) is 5.23. The van der Waals surface area contributed by atoms with Crippen molar-refractivity contribution < 1.29 is 9.66 Å². The predicted octanol–water partition coefficient (Wildman–Crippen LogP) is 2.65. The van der Waals surface area contributed by atoms with Crippen molar-refractivity contribution in [3.63, 3.8) is 0 Å². The van der Waals surface area contributed by atoms with Crippen LogP contribution in [-0.2, 0) is 0 Å². The number of nitrogens with zero attached hydrogens (tertiary/aromatic N) is 1. The zero-order valence-corrected chi connectivity index (χ0v) is 8.53. The molecule has 5 heteroatoms. The number of hydrogen-bond acceptors (Lipinski definition) is 3. The highest BCUT2D eigenvalue weighted by Crippen LogP contribution is 2.28. The summed E-state index contributed by atoms with van der Waals surface area (Å²) in [5.74, 6) is 2.81. The summed E-state index contributed by atoms with van der Waals surface area (Å²) in [6, 6.07) is 4.03. The SMILES string of the molecule is C#CCCOc1ccc([N+](=O)[O-])cc1Cl. The van der Waals surface area contributed by atoms with Gasteiger partial charge in [-0.2, -0.15) is 0 Å². The summed E-state index contributed by atoms with van der Waals surface area (Å²) in [6.45, 7) is 0.341. The van der Waals surface area contributed by atoms with Crippen molar-refractivity contribution in [3.05, 3.63) is 33.3 Å². The first-order chi connectivity index (χ1) is 7.15. The molecule has 0 heterocycles. The van der Waals surface area contributed by atoms with E-state index >= 15 is 0 Å². The average Bonchev–Trinajstić information content (AvgIpc) is 2.20. The van der Waals surface area contributed by atoms with Crippen LogP contribution in [0.2, 0.25) is 5.02 Å². The molecule has 0 amide bonds. The number of non-ortho nitro benzene ring substituents is 1. The summed E-state index contributed by atoms with van der Waals surface area (Å²) in [6.07, 6.45) is 5.51. The molecule has 0 bridgehead atoms. The molecule has 0 aliphatic rings. The molecule has 0 aliphatic carbocycles. The maximum atomic E-state index is 10.4. The molecule has 0 aromatic heterocycles. The molecule has 0 N–H and O–H groups in total. The lowest BCUT2D eigenvalue weighted by Gasteiger charge is -2.05. The fourth-order valence-corrected chi connectivity index (χ4v) is 1.17. The minimum absolute atomic E-state index is 0.0655. The minimum atomic E-state index is -0.517. The van der Waals surface area contributed by atoms with E-state index in [9.17, 15) is 10.1 Å². The number of benzene rings is 1. The topological polar surface area (TPSA) is 52.4 Å². The molecule has 1 aromatic carbocycles. The van der Waals surface area contributed by atoms with Crippen LogP contribution in [0.3, 0.4) is 0 Å². The third-order valence-corrected chi connectivity index (χ3v) is 1.93. The van der Waals surface area contributed by atoms with Gasteiger partial charge < -0.3 is 4.74 Å². The van der Waals surface area contributed by atoms with Crippen LogP contribution in [0.1, 0.15) is 6.42 Å². The fraction of sp³-hybridized carbons (Fsp3) is 0.200. The van der Waals surface area contributed by atoms with Crippen molar-refractivity contribution in [1.29, 1.82) is 0 Å². The van der Waals surface area contributed by atoms with Gasteiger partial charge in [0.25, 0.3) is 5.69 Å². The van der Waals surface area contributed by atoms with Crippen LogP contribution in [0.15, 0.2) is 18.2 Å². The molecule has 4 nitrogen and oxygen atoms in total. The molecule has 0 atom stereocenters. The van der Waals surface area contributed by atoms with E-state index in [1.165, 1.54) is 18.2 Å². The second-order valence-electron chi connectivity index (χ2n) is 2.67. The third kappa shape index (κ3) is 3.15. The molecule has 0 spiro atoms. The number of terminal acetylenes is 1. The summed E-state index contributed by atoms with van der Waals surface area (Å²) >= 11 is 5.77. The van der Waals surface area contributed by atoms with Gasteiger partial charge in [-0.05, 0) is 6.07 Å².